The molecule has 1 unspecified atom stereocenters. The van der Waals surface area contributed by atoms with E-state index < -0.39 is 29.3 Å². The minimum atomic E-state index is -4.29. The number of halogens is 3. The Kier molecular flexibility index (Phi) is 5.22. The summed E-state index contributed by atoms with van der Waals surface area (Å²) in [5, 5.41) is 21.2. The van der Waals surface area contributed by atoms with Crippen LogP contribution in [-0.4, -0.2) is 65.0 Å². The lowest BCUT2D eigenvalue weighted by molar-refractivity contribution is -0.384. The van der Waals surface area contributed by atoms with Crippen molar-refractivity contribution in [1.29, 1.82) is 0 Å². The van der Waals surface area contributed by atoms with Gasteiger partial charge < -0.3 is 14.7 Å². The van der Waals surface area contributed by atoms with E-state index in [1.807, 2.05) is 0 Å². The molecule has 28 heavy (non-hydrogen) atoms. The van der Waals surface area contributed by atoms with Crippen molar-refractivity contribution in [3.63, 3.8) is 0 Å². The number of ether oxygens (including phenoxy) is 1. The van der Waals surface area contributed by atoms with E-state index in [0.717, 1.165) is 0 Å². The quantitative estimate of drug-likeness (QED) is 0.615. The molecule has 1 fully saturated rings. The molecular weight excluding hydrogens is 379 g/mol. The number of benzene rings is 1. The van der Waals surface area contributed by atoms with Gasteiger partial charge in [0, 0.05) is 49.3 Å². The number of aliphatic hydroxyl groups excluding tert-OH is 1. The number of fused-ring (bicyclic) bond motifs is 1. The topological polar surface area (TPSA) is 79.1 Å². The maximum Gasteiger partial charge on any atom is 0.401 e. The van der Waals surface area contributed by atoms with Gasteiger partial charge in [-0.1, -0.05) is 0 Å². The first kappa shape index (κ1) is 20.7. The Balaban J connectivity index is 1.92. The summed E-state index contributed by atoms with van der Waals surface area (Å²) in [6, 6.07) is 2.26. The largest absolute Gasteiger partial charge is 0.484 e. The number of alkyl halides is 3. The van der Waals surface area contributed by atoms with Crippen LogP contribution in [0, 0.1) is 10.1 Å². The fourth-order valence-electron chi connectivity index (χ4n) is 3.99. The number of nitro groups is 1. The summed E-state index contributed by atoms with van der Waals surface area (Å²) in [5.74, 6) is 0.467. The fourth-order valence-corrected chi connectivity index (χ4v) is 3.99. The number of rotatable bonds is 4. The zero-order chi connectivity index (χ0) is 20.9. The fraction of sp³-hybridized carbons (Fsp3) is 0.667. The molecule has 0 radical (unpaired) electrons. The second kappa shape index (κ2) is 7.07. The monoisotopic (exact) mass is 403 g/mol. The molecule has 0 aliphatic carbocycles. The van der Waals surface area contributed by atoms with E-state index in [2.05, 4.69) is 0 Å². The Bertz CT molecular complexity index is 773. The molecule has 0 spiro atoms. The van der Waals surface area contributed by atoms with Crippen LogP contribution < -0.4 is 9.64 Å². The van der Waals surface area contributed by atoms with Gasteiger partial charge in [0.15, 0.2) is 0 Å². The molecule has 10 heteroatoms. The summed E-state index contributed by atoms with van der Waals surface area (Å²) >= 11 is 0. The van der Waals surface area contributed by atoms with Crippen molar-refractivity contribution in [2.45, 2.75) is 51.1 Å². The highest BCUT2D eigenvalue weighted by molar-refractivity contribution is 5.69. The van der Waals surface area contributed by atoms with E-state index in [4.69, 9.17) is 4.74 Å². The van der Waals surface area contributed by atoms with E-state index in [-0.39, 0.29) is 31.4 Å². The lowest BCUT2D eigenvalue weighted by Crippen LogP contribution is -2.58. The molecule has 0 saturated carbocycles. The number of nitro benzene ring substituents is 1. The summed E-state index contributed by atoms with van der Waals surface area (Å²) in [5.41, 5.74) is 0.0345. The van der Waals surface area contributed by atoms with Gasteiger partial charge in [-0.2, -0.15) is 13.2 Å². The summed E-state index contributed by atoms with van der Waals surface area (Å²) in [7, 11) is 0. The third-order valence-electron chi connectivity index (χ3n) is 5.42. The number of hydrogen-bond acceptors (Lipinski definition) is 6. The first-order valence-electron chi connectivity index (χ1n) is 9.11. The summed E-state index contributed by atoms with van der Waals surface area (Å²) < 4.78 is 44.2. The van der Waals surface area contributed by atoms with Crippen molar-refractivity contribution in [3.05, 3.63) is 27.8 Å². The molecule has 7 nitrogen and oxygen atoms in total. The van der Waals surface area contributed by atoms with Gasteiger partial charge in [0.25, 0.3) is 5.69 Å². The highest BCUT2D eigenvalue weighted by atomic mass is 19.4. The summed E-state index contributed by atoms with van der Waals surface area (Å²) in [4.78, 5) is 14.3. The molecule has 3 atom stereocenters. The van der Waals surface area contributed by atoms with Gasteiger partial charge in [0.2, 0.25) is 0 Å². The zero-order valence-corrected chi connectivity index (χ0v) is 16.0. The Morgan fingerprint density at radius 3 is 2.57 bits per heavy atom. The molecule has 2 heterocycles. The molecule has 3 rings (SSSR count). The molecule has 0 aromatic heterocycles. The van der Waals surface area contributed by atoms with Gasteiger partial charge in [-0.05, 0) is 20.8 Å². The predicted molar refractivity (Wildman–Crippen MR) is 96.8 cm³/mol. The lowest BCUT2D eigenvalue weighted by Gasteiger charge is -2.45. The average molecular weight is 403 g/mol. The molecule has 1 aromatic carbocycles. The number of aliphatic hydroxyl groups is 1. The molecule has 2 aliphatic rings. The van der Waals surface area contributed by atoms with E-state index in [0.29, 0.717) is 23.4 Å². The van der Waals surface area contributed by atoms with Crippen LogP contribution in [0.4, 0.5) is 24.5 Å². The maximum absolute atomic E-state index is 12.8. The van der Waals surface area contributed by atoms with Crippen LogP contribution in [0.3, 0.4) is 0 Å². The number of piperazine rings is 1. The molecule has 0 amide bonds. The third kappa shape index (κ3) is 4.02. The van der Waals surface area contributed by atoms with E-state index in [1.165, 1.54) is 11.0 Å². The van der Waals surface area contributed by atoms with E-state index in [9.17, 15) is 28.4 Å². The van der Waals surface area contributed by atoms with Crippen LogP contribution >= 0.6 is 0 Å². The summed E-state index contributed by atoms with van der Waals surface area (Å²) in [6.45, 7) is 4.30. The van der Waals surface area contributed by atoms with Gasteiger partial charge in [-0.25, -0.2) is 0 Å². The standard InChI is InChI=1S/C18H24F3N3O4/c1-11-8-23(12(2)7-22(11)9-18(19,20)21)14-5-16-13(4-15(14)24(26)27)6-17(3,10-25)28-16/h4-5,11-12,25H,6-10H2,1-3H3/t11-,12-,17?/m0/s1. The molecule has 2 aliphatic heterocycles. The van der Waals surface area contributed by atoms with Crippen LogP contribution in [0.15, 0.2) is 12.1 Å². The first-order valence-corrected chi connectivity index (χ1v) is 9.11. The predicted octanol–water partition coefficient (Wildman–Crippen LogP) is 2.74. The minimum absolute atomic E-state index is 0.104. The molecule has 1 aromatic rings. The van der Waals surface area contributed by atoms with Gasteiger partial charge in [-0.3, -0.25) is 15.0 Å². The SMILES string of the molecule is C[C@H]1CN(c2cc3c(cc2[N+](=O)[O-])CC(C)(CO)O3)[C@@H](C)CN1CC(F)(F)F. The van der Waals surface area contributed by atoms with Crippen molar-refractivity contribution in [1.82, 2.24) is 4.90 Å². The molecule has 1 N–H and O–H groups in total. The number of hydrogen-bond donors (Lipinski definition) is 1. The van der Waals surface area contributed by atoms with Crippen molar-refractivity contribution in [2.75, 3.05) is 31.1 Å². The van der Waals surface area contributed by atoms with Gasteiger partial charge in [-0.15, -0.1) is 0 Å². The second-order valence-corrected chi connectivity index (χ2v) is 7.99. The van der Waals surface area contributed by atoms with Crippen molar-refractivity contribution in [3.8, 4) is 5.75 Å². The van der Waals surface area contributed by atoms with Crippen molar-refractivity contribution < 1.29 is 27.9 Å². The lowest BCUT2D eigenvalue weighted by atomic mass is 9.99. The Hall–Kier alpha value is -2.07. The van der Waals surface area contributed by atoms with E-state index in [1.54, 1.807) is 31.7 Å². The smallest absolute Gasteiger partial charge is 0.401 e. The molecule has 1 saturated heterocycles. The van der Waals surface area contributed by atoms with Crippen molar-refractivity contribution >= 4 is 11.4 Å². The highest BCUT2D eigenvalue weighted by Gasteiger charge is 2.41. The molecule has 156 valence electrons. The molecule has 0 bridgehead atoms. The van der Waals surface area contributed by atoms with Gasteiger partial charge in [0.05, 0.1) is 18.1 Å². The number of nitrogens with zero attached hydrogens (tertiary/aromatic N) is 3. The Labute approximate surface area is 160 Å². The number of anilines is 1. The Morgan fingerprint density at radius 1 is 1.32 bits per heavy atom. The van der Waals surface area contributed by atoms with Crippen LogP contribution in [-0.2, 0) is 6.42 Å². The van der Waals surface area contributed by atoms with Gasteiger partial charge in [0.1, 0.15) is 17.0 Å². The van der Waals surface area contributed by atoms with Crippen LogP contribution in [0.1, 0.15) is 26.3 Å². The van der Waals surface area contributed by atoms with Gasteiger partial charge >= 0.3 is 6.18 Å². The summed E-state index contributed by atoms with van der Waals surface area (Å²) in [6.07, 6.45) is -3.94. The normalized spacial score (nSPS) is 28.2. The van der Waals surface area contributed by atoms with Crippen LogP contribution in [0.2, 0.25) is 0 Å². The minimum Gasteiger partial charge on any atom is -0.484 e. The first-order chi connectivity index (χ1) is 12.9. The third-order valence-corrected chi connectivity index (χ3v) is 5.42. The van der Waals surface area contributed by atoms with Crippen LogP contribution in [0.25, 0.3) is 0 Å². The maximum atomic E-state index is 12.8. The highest BCUT2D eigenvalue weighted by Crippen LogP contribution is 2.43. The Morgan fingerprint density at radius 2 is 2.00 bits per heavy atom. The van der Waals surface area contributed by atoms with Crippen molar-refractivity contribution in [2.24, 2.45) is 0 Å². The average Bonchev–Trinajstić information content (AvgIpc) is 2.91. The van der Waals surface area contributed by atoms with Crippen LogP contribution in [0.5, 0.6) is 5.75 Å². The zero-order valence-electron chi connectivity index (χ0n) is 16.0. The van der Waals surface area contributed by atoms with E-state index >= 15 is 0 Å². The molecular formula is C18H24F3N3O4. The second-order valence-electron chi connectivity index (χ2n) is 7.99.